The van der Waals surface area contributed by atoms with Gasteiger partial charge in [0.2, 0.25) is 0 Å². The molecule has 1 aromatic carbocycles. The second kappa shape index (κ2) is 8.59. The van der Waals surface area contributed by atoms with Crippen LogP contribution in [-0.4, -0.2) is 34.6 Å². The number of nitrogens with one attached hydrogen (secondary N) is 1. The van der Waals surface area contributed by atoms with E-state index in [4.69, 9.17) is 9.47 Å². The first-order valence-electron chi connectivity index (χ1n) is 8.41. The third-order valence-corrected chi connectivity index (χ3v) is 4.48. The lowest BCUT2D eigenvalue weighted by molar-refractivity contribution is 0.102. The van der Waals surface area contributed by atoms with Crippen molar-refractivity contribution < 1.29 is 14.3 Å². The Balaban J connectivity index is 1.78. The van der Waals surface area contributed by atoms with E-state index >= 15 is 0 Å². The maximum absolute atomic E-state index is 12.7. The van der Waals surface area contributed by atoms with Crippen LogP contribution in [0.1, 0.15) is 24.2 Å². The molecule has 0 aliphatic rings. The minimum atomic E-state index is -0.295. The van der Waals surface area contributed by atoms with Gasteiger partial charge in [-0.25, -0.2) is 4.98 Å². The number of amides is 1. The Hall–Kier alpha value is -3.00. The predicted molar refractivity (Wildman–Crippen MR) is 104 cm³/mol. The zero-order chi connectivity index (χ0) is 19.2. The van der Waals surface area contributed by atoms with Gasteiger partial charge in [-0.1, -0.05) is 25.2 Å². The lowest BCUT2D eigenvalue weighted by Gasteiger charge is -2.14. The number of aromatic nitrogens is 3. The fourth-order valence-corrected chi connectivity index (χ4v) is 3.01. The van der Waals surface area contributed by atoms with Crippen LogP contribution in [-0.2, 0) is 0 Å². The summed E-state index contributed by atoms with van der Waals surface area (Å²) in [6.07, 6.45) is 6.54. The van der Waals surface area contributed by atoms with Crippen molar-refractivity contribution in [3.8, 4) is 22.1 Å². The average molecular weight is 384 g/mol. The van der Waals surface area contributed by atoms with Gasteiger partial charge in [0.1, 0.15) is 17.2 Å². The molecule has 3 rings (SSSR count). The summed E-state index contributed by atoms with van der Waals surface area (Å²) in [6.45, 7) is 4.59. The van der Waals surface area contributed by atoms with Crippen LogP contribution in [0.3, 0.4) is 0 Å². The number of ether oxygens (including phenoxy) is 2. The van der Waals surface area contributed by atoms with E-state index in [0.29, 0.717) is 40.4 Å². The molecule has 0 spiro atoms. The topological polar surface area (TPSA) is 86.2 Å². The van der Waals surface area contributed by atoms with E-state index in [9.17, 15) is 4.79 Å². The number of carbonyl (C=O) groups is 1. The highest BCUT2D eigenvalue weighted by molar-refractivity contribution is 7.19. The van der Waals surface area contributed by atoms with Gasteiger partial charge in [-0.05, 0) is 18.1 Å². The number of anilines is 1. The standard InChI is InChI=1S/C19H20N4O3S/c1-12(2)11-26-16-8-13(25-3)4-5-14(16)18(24)23-19-22-10-17(27-19)15-9-20-6-7-21-15/h4-10,12H,11H2,1-3H3,(H,22,23,24). The fourth-order valence-electron chi connectivity index (χ4n) is 2.23. The zero-order valence-electron chi connectivity index (χ0n) is 15.3. The molecule has 0 radical (unpaired) electrons. The van der Waals surface area contributed by atoms with E-state index in [0.717, 1.165) is 4.88 Å². The van der Waals surface area contributed by atoms with Crippen molar-refractivity contribution in [2.75, 3.05) is 19.0 Å². The predicted octanol–water partition coefficient (Wildman–Crippen LogP) is 3.90. The minimum absolute atomic E-state index is 0.295. The molecule has 7 nitrogen and oxygen atoms in total. The van der Waals surface area contributed by atoms with Gasteiger partial charge in [0.15, 0.2) is 5.13 Å². The van der Waals surface area contributed by atoms with Crippen LogP contribution < -0.4 is 14.8 Å². The van der Waals surface area contributed by atoms with Crippen LogP contribution in [0.4, 0.5) is 5.13 Å². The molecule has 0 aliphatic carbocycles. The van der Waals surface area contributed by atoms with Crippen LogP contribution in [0, 0.1) is 5.92 Å². The summed E-state index contributed by atoms with van der Waals surface area (Å²) < 4.78 is 11.0. The van der Waals surface area contributed by atoms with E-state index < -0.39 is 0 Å². The van der Waals surface area contributed by atoms with Crippen molar-refractivity contribution in [2.45, 2.75) is 13.8 Å². The van der Waals surface area contributed by atoms with E-state index in [1.165, 1.54) is 11.3 Å². The monoisotopic (exact) mass is 384 g/mol. The van der Waals surface area contributed by atoms with Gasteiger partial charge in [0.05, 0.1) is 30.4 Å². The van der Waals surface area contributed by atoms with Gasteiger partial charge >= 0.3 is 0 Å². The first kappa shape index (κ1) is 18.8. The van der Waals surface area contributed by atoms with E-state index in [1.54, 1.807) is 50.1 Å². The van der Waals surface area contributed by atoms with Gasteiger partial charge in [-0.3, -0.25) is 20.1 Å². The van der Waals surface area contributed by atoms with Crippen molar-refractivity contribution >= 4 is 22.4 Å². The van der Waals surface area contributed by atoms with E-state index in [1.807, 2.05) is 13.8 Å². The lowest BCUT2D eigenvalue weighted by atomic mass is 10.1. The Morgan fingerprint density at radius 2 is 2.07 bits per heavy atom. The van der Waals surface area contributed by atoms with Crippen molar-refractivity contribution in [3.63, 3.8) is 0 Å². The fraction of sp³-hybridized carbons (Fsp3) is 0.263. The smallest absolute Gasteiger partial charge is 0.261 e. The summed E-state index contributed by atoms with van der Waals surface area (Å²) in [6, 6.07) is 5.12. The van der Waals surface area contributed by atoms with Gasteiger partial charge in [0.25, 0.3) is 5.91 Å². The Morgan fingerprint density at radius 1 is 1.22 bits per heavy atom. The van der Waals surface area contributed by atoms with Gasteiger partial charge < -0.3 is 9.47 Å². The van der Waals surface area contributed by atoms with Gasteiger partial charge in [-0.15, -0.1) is 0 Å². The molecule has 27 heavy (non-hydrogen) atoms. The number of methoxy groups -OCH3 is 1. The van der Waals surface area contributed by atoms with Crippen molar-refractivity contribution in [2.24, 2.45) is 5.92 Å². The summed E-state index contributed by atoms with van der Waals surface area (Å²) in [5.41, 5.74) is 1.13. The molecule has 140 valence electrons. The summed E-state index contributed by atoms with van der Waals surface area (Å²) in [5.74, 6) is 1.15. The van der Waals surface area contributed by atoms with E-state index in [-0.39, 0.29) is 5.91 Å². The lowest BCUT2D eigenvalue weighted by Crippen LogP contribution is -2.15. The number of thiazole rings is 1. The number of benzene rings is 1. The molecule has 0 aliphatic heterocycles. The minimum Gasteiger partial charge on any atom is -0.497 e. The molecule has 2 heterocycles. The molecule has 2 aromatic heterocycles. The molecule has 8 heteroatoms. The Labute approximate surface area is 161 Å². The molecule has 0 fully saturated rings. The number of nitrogens with zero attached hydrogens (tertiary/aromatic N) is 3. The Morgan fingerprint density at radius 3 is 2.78 bits per heavy atom. The molecule has 0 saturated carbocycles. The molecule has 0 unspecified atom stereocenters. The van der Waals surface area contributed by atoms with Crippen LogP contribution in [0.25, 0.3) is 10.6 Å². The highest BCUT2D eigenvalue weighted by Gasteiger charge is 2.16. The SMILES string of the molecule is COc1ccc(C(=O)Nc2ncc(-c3cnccn3)s2)c(OCC(C)C)c1. The summed E-state index contributed by atoms with van der Waals surface area (Å²) in [7, 11) is 1.57. The Kier molecular flexibility index (Phi) is 5.97. The first-order valence-corrected chi connectivity index (χ1v) is 9.23. The number of hydrogen-bond acceptors (Lipinski definition) is 7. The molecule has 0 saturated heterocycles. The number of carbonyl (C=O) groups excluding carboxylic acids is 1. The number of rotatable bonds is 7. The number of hydrogen-bond donors (Lipinski definition) is 1. The molecule has 0 atom stereocenters. The highest BCUT2D eigenvalue weighted by Crippen LogP contribution is 2.29. The zero-order valence-corrected chi connectivity index (χ0v) is 16.1. The maximum Gasteiger partial charge on any atom is 0.261 e. The molecule has 0 bridgehead atoms. The second-order valence-electron chi connectivity index (χ2n) is 6.14. The van der Waals surface area contributed by atoms with Crippen molar-refractivity contribution in [1.29, 1.82) is 0 Å². The molecule has 1 amide bonds. The second-order valence-corrected chi connectivity index (χ2v) is 7.17. The highest BCUT2D eigenvalue weighted by atomic mass is 32.1. The molecule has 3 aromatic rings. The maximum atomic E-state index is 12.7. The van der Waals surface area contributed by atoms with Crippen LogP contribution in [0.15, 0.2) is 43.0 Å². The Bertz CT molecular complexity index is 912. The van der Waals surface area contributed by atoms with Gasteiger partial charge in [-0.2, -0.15) is 0 Å². The molecular weight excluding hydrogens is 364 g/mol. The third-order valence-electron chi connectivity index (χ3n) is 3.55. The normalized spacial score (nSPS) is 10.7. The molecule has 1 N–H and O–H groups in total. The third kappa shape index (κ3) is 4.79. The van der Waals surface area contributed by atoms with E-state index in [2.05, 4.69) is 20.3 Å². The largest absolute Gasteiger partial charge is 0.497 e. The van der Waals surface area contributed by atoms with Crippen molar-refractivity contribution in [3.05, 3.63) is 48.5 Å². The summed E-state index contributed by atoms with van der Waals surface area (Å²) in [5, 5.41) is 3.29. The van der Waals surface area contributed by atoms with Crippen LogP contribution in [0.2, 0.25) is 0 Å². The summed E-state index contributed by atoms with van der Waals surface area (Å²) in [4.78, 5) is 26.1. The summed E-state index contributed by atoms with van der Waals surface area (Å²) >= 11 is 1.33. The van der Waals surface area contributed by atoms with Crippen LogP contribution in [0.5, 0.6) is 11.5 Å². The van der Waals surface area contributed by atoms with Gasteiger partial charge in [0, 0.05) is 24.7 Å². The molecular formula is C19H20N4O3S. The van der Waals surface area contributed by atoms with Crippen LogP contribution >= 0.6 is 11.3 Å². The average Bonchev–Trinajstić information content (AvgIpc) is 3.15. The van der Waals surface area contributed by atoms with Crippen molar-refractivity contribution in [1.82, 2.24) is 15.0 Å². The quantitative estimate of drug-likeness (QED) is 0.665. The first-order chi connectivity index (χ1) is 13.1.